The molecule has 15 heavy (non-hydrogen) atoms. The Balaban J connectivity index is 2.07. The quantitative estimate of drug-likeness (QED) is 0.790. The van der Waals surface area contributed by atoms with Crippen LogP contribution in [0.3, 0.4) is 0 Å². The van der Waals surface area contributed by atoms with Crippen molar-refractivity contribution in [2.24, 2.45) is 5.92 Å². The maximum Gasteiger partial charge on any atom is 0.354 e. The zero-order valence-corrected chi connectivity index (χ0v) is 8.60. The highest BCUT2D eigenvalue weighted by Crippen LogP contribution is 2.33. The molecule has 1 atom stereocenters. The van der Waals surface area contributed by atoms with Gasteiger partial charge in [-0.2, -0.15) is 0 Å². The number of nitrogens with zero attached hydrogens (tertiary/aromatic N) is 1. The number of aromatic carboxylic acids is 1. The molecule has 0 aromatic carbocycles. The van der Waals surface area contributed by atoms with Gasteiger partial charge in [-0.05, 0) is 37.8 Å². The Kier molecular flexibility index (Phi) is 2.58. The molecule has 4 nitrogen and oxygen atoms in total. The Morgan fingerprint density at radius 3 is 3.00 bits per heavy atom. The van der Waals surface area contributed by atoms with Crippen LogP contribution in [0.1, 0.15) is 30.3 Å². The summed E-state index contributed by atoms with van der Waals surface area (Å²) >= 11 is 0. The largest absolute Gasteiger partial charge is 0.477 e. The molecule has 0 radical (unpaired) electrons. The molecular weight excluding hydrogens is 192 g/mol. The molecule has 1 saturated carbocycles. The normalized spacial score (nSPS) is 17.1. The average molecular weight is 206 g/mol. The molecule has 4 heteroatoms. The van der Waals surface area contributed by atoms with Crippen LogP contribution in [0.2, 0.25) is 0 Å². The van der Waals surface area contributed by atoms with Crippen LogP contribution < -0.4 is 5.32 Å². The summed E-state index contributed by atoms with van der Waals surface area (Å²) in [5, 5.41) is 12.1. The molecular formula is C11H14N2O2. The number of nitrogens with one attached hydrogen (secondary N) is 1. The lowest BCUT2D eigenvalue weighted by atomic mass is 10.2. The highest BCUT2D eigenvalue weighted by molar-refractivity contribution is 5.86. The summed E-state index contributed by atoms with van der Waals surface area (Å²) in [6, 6.07) is 3.78. The Hall–Kier alpha value is -1.58. The topological polar surface area (TPSA) is 62.2 Å². The zero-order valence-electron chi connectivity index (χ0n) is 8.60. The number of hydrogen-bond acceptors (Lipinski definition) is 3. The van der Waals surface area contributed by atoms with Crippen molar-refractivity contribution in [2.45, 2.75) is 25.8 Å². The second-order valence-electron chi connectivity index (χ2n) is 4.01. The van der Waals surface area contributed by atoms with E-state index in [2.05, 4.69) is 17.2 Å². The predicted molar refractivity (Wildman–Crippen MR) is 57.0 cm³/mol. The molecule has 0 aliphatic heterocycles. The van der Waals surface area contributed by atoms with Gasteiger partial charge in [-0.1, -0.05) is 0 Å². The van der Waals surface area contributed by atoms with Crippen molar-refractivity contribution in [1.82, 2.24) is 4.98 Å². The maximum absolute atomic E-state index is 10.7. The predicted octanol–water partition coefficient (Wildman–Crippen LogP) is 1.99. The average Bonchev–Trinajstić information content (AvgIpc) is 3.01. The van der Waals surface area contributed by atoms with Crippen LogP contribution in [-0.2, 0) is 0 Å². The number of carboxylic acids is 1. The van der Waals surface area contributed by atoms with Crippen LogP contribution >= 0.6 is 0 Å². The molecule has 2 N–H and O–H groups in total. The number of aromatic nitrogens is 1. The molecule has 1 fully saturated rings. The molecule has 0 amide bonds. The minimum Gasteiger partial charge on any atom is -0.477 e. The monoisotopic (exact) mass is 206 g/mol. The van der Waals surface area contributed by atoms with Crippen molar-refractivity contribution in [2.75, 3.05) is 5.32 Å². The SMILES string of the molecule is CC(Nc1ccnc(C(=O)O)c1)C1CC1. The molecule has 0 bridgehead atoms. The van der Waals surface area contributed by atoms with E-state index in [-0.39, 0.29) is 5.69 Å². The number of anilines is 1. The number of carboxylic acid groups (broad SMARTS) is 1. The third kappa shape index (κ3) is 2.46. The Morgan fingerprint density at radius 1 is 1.67 bits per heavy atom. The summed E-state index contributed by atoms with van der Waals surface area (Å²) in [5.41, 5.74) is 0.921. The number of hydrogen-bond donors (Lipinski definition) is 2. The lowest BCUT2D eigenvalue weighted by Crippen LogP contribution is -2.17. The van der Waals surface area contributed by atoms with Crippen LogP contribution in [0.25, 0.3) is 0 Å². The summed E-state index contributed by atoms with van der Waals surface area (Å²) in [4.78, 5) is 14.5. The van der Waals surface area contributed by atoms with Gasteiger partial charge in [-0.15, -0.1) is 0 Å². The smallest absolute Gasteiger partial charge is 0.354 e. The first-order chi connectivity index (χ1) is 7.16. The van der Waals surface area contributed by atoms with E-state index in [0.29, 0.717) is 6.04 Å². The van der Waals surface area contributed by atoms with Gasteiger partial charge in [0.2, 0.25) is 0 Å². The minimum atomic E-state index is -0.988. The fraction of sp³-hybridized carbons (Fsp3) is 0.455. The molecule has 80 valence electrons. The second kappa shape index (κ2) is 3.88. The van der Waals surface area contributed by atoms with E-state index in [9.17, 15) is 4.79 Å². The molecule has 1 aromatic rings. The van der Waals surface area contributed by atoms with Gasteiger partial charge < -0.3 is 10.4 Å². The first-order valence-electron chi connectivity index (χ1n) is 5.12. The fourth-order valence-corrected chi connectivity index (χ4v) is 1.61. The summed E-state index contributed by atoms with van der Waals surface area (Å²) in [6.07, 6.45) is 4.06. The Morgan fingerprint density at radius 2 is 2.40 bits per heavy atom. The van der Waals surface area contributed by atoms with Gasteiger partial charge in [0.15, 0.2) is 0 Å². The van der Waals surface area contributed by atoms with Gasteiger partial charge in [-0.3, -0.25) is 0 Å². The maximum atomic E-state index is 10.7. The van der Waals surface area contributed by atoms with Crippen LogP contribution in [0, 0.1) is 5.92 Å². The van der Waals surface area contributed by atoms with Crippen molar-refractivity contribution >= 4 is 11.7 Å². The highest BCUT2D eigenvalue weighted by atomic mass is 16.4. The van der Waals surface area contributed by atoms with Crippen molar-refractivity contribution in [3.05, 3.63) is 24.0 Å². The number of pyridine rings is 1. The number of carbonyl (C=O) groups is 1. The van der Waals surface area contributed by atoms with Crippen molar-refractivity contribution in [1.29, 1.82) is 0 Å². The van der Waals surface area contributed by atoms with Gasteiger partial charge in [0, 0.05) is 17.9 Å². The van der Waals surface area contributed by atoms with Crippen LogP contribution in [0.15, 0.2) is 18.3 Å². The minimum absolute atomic E-state index is 0.0861. The summed E-state index contributed by atoms with van der Waals surface area (Å²) in [6.45, 7) is 2.12. The second-order valence-corrected chi connectivity index (χ2v) is 4.01. The summed E-state index contributed by atoms with van der Waals surface area (Å²) < 4.78 is 0. The summed E-state index contributed by atoms with van der Waals surface area (Å²) in [7, 11) is 0. The van der Waals surface area contributed by atoms with E-state index >= 15 is 0 Å². The highest BCUT2D eigenvalue weighted by Gasteiger charge is 2.27. The van der Waals surface area contributed by atoms with E-state index < -0.39 is 5.97 Å². The zero-order chi connectivity index (χ0) is 10.8. The summed E-state index contributed by atoms with van der Waals surface area (Å²) in [5.74, 6) is -0.246. The van der Waals surface area contributed by atoms with Crippen molar-refractivity contribution in [3.8, 4) is 0 Å². The standard InChI is InChI=1S/C11H14N2O2/c1-7(8-2-3-8)13-9-4-5-12-10(6-9)11(14)15/h4-8H,2-3H2,1H3,(H,12,13)(H,14,15). The van der Waals surface area contributed by atoms with E-state index in [1.165, 1.54) is 19.0 Å². The van der Waals surface area contributed by atoms with Crippen molar-refractivity contribution < 1.29 is 9.90 Å². The molecule has 2 rings (SSSR count). The lowest BCUT2D eigenvalue weighted by molar-refractivity contribution is 0.0690. The molecule has 0 spiro atoms. The fourth-order valence-electron chi connectivity index (χ4n) is 1.61. The third-order valence-electron chi connectivity index (χ3n) is 2.70. The first-order valence-corrected chi connectivity index (χ1v) is 5.12. The molecule has 1 aromatic heterocycles. The molecule has 1 unspecified atom stereocenters. The number of rotatable bonds is 4. The third-order valence-corrected chi connectivity index (χ3v) is 2.70. The van der Waals surface area contributed by atoms with Gasteiger partial charge in [0.25, 0.3) is 0 Å². The molecule has 1 heterocycles. The van der Waals surface area contributed by atoms with Gasteiger partial charge >= 0.3 is 5.97 Å². The van der Waals surface area contributed by atoms with E-state index in [1.54, 1.807) is 12.1 Å². The first kappa shape index (κ1) is 9.96. The van der Waals surface area contributed by atoms with E-state index in [1.807, 2.05) is 0 Å². The van der Waals surface area contributed by atoms with Gasteiger partial charge in [-0.25, -0.2) is 9.78 Å². The lowest BCUT2D eigenvalue weighted by Gasteiger charge is -2.14. The van der Waals surface area contributed by atoms with Crippen LogP contribution in [-0.4, -0.2) is 22.1 Å². The van der Waals surface area contributed by atoms with Gasteiger partial charge in [0.1, 0.15) is 5.69 Å². The molecule has 1 aliphatic rings. The van der Waals surface area contributed by atoms with E-state index in [4.69, 9.17) is 5.11 Å². The van der Waals surface area contributed by atoms with E-state index in [0.717, 1.165) is 11.6 Å². The molecule has 1 aliphatic carbocycles. The van der Waals surface area contributed by atoms with Crippen LogP contribution in [0.4, 0.5) is 5.69 Å². The Labute approximate surface area is 88.3 Å². The Bertz CT molecular complexity index is 375. The van der Waals surface area contributed by atoms with Gasteiger partial charge in [0.05, 0.1) is 0 Å². The van der Waals surface area contributed by atoms with Crippen LogP contribution in [0.5, 0.6) is 0 Å². The van der Waals surface area contributed by atoms with Crippen molar-refractivity contribution in [3.63, 3.8) is 0 Å². The molecule has 0 saturated heterocycles.